The molecule has 4 rings (SSSR count). The summed E-state index contributed by atoms with van der Waals surface area (Å²) in [4.78, 5) is 5.29. The second-order valence-electron chi connectivity index (χ2n) is 6.61. The monoisotopic (exact) mass is 343 g/mol. The van der Waals surface area contributed by atoms with Gasteiger partial charge in [-0.3, -0.25) is 4.90 Å². The number of fused-ring (bicyclic) bond motifs is 1. The van der Waals surface area contributed by atoms with Crippen LogP contribution in [0.4, 0.5) is 0 Å². The Hall–Kier alpha value is -0.960. The van der Waals surface area contributed by atoms with Gasteiger partial charge in [0.25, 0.3) is 0 Å². The van der Waals surface area contributed by atoms with Crippen molar-refractivity contribution in [1.29, 1.82) is 0 Å². The average Bonchev–Trinajstić information content (AvgIpc) is 3.02. The van der Waals surface area contributed by atoms with Crippen molar-refractivity contribution in [3.05, 3.63) is 59.1 Å². The van der Waals surface area contributed by atoms with Crippen LogP contribution in [0, 0.1) is 0 Å². The zero-order valence-electron chi connectivity index (χ0n) is 13.2. The summed E-state index contributed by atoms with van der Waals surface area (Å²) in [5, 5.41) is 0.794. The Morgan fingerprint density at radius 2 is 1.52 bits per heavy atom. The van der Waals surface area contributed by atoms with Crippen LogP contribution < -0.4 is 0 Å². The van der Waals surface area contributed by atoms with Crippen molar-refractivity contribution in [3.8, 4) is 0 Å². The first-order valence-electron chi connectivity index (χ1n) is 8.59. The normalized spacial score (nSPS) is 24.6. The predicted octanol–water partition coefficient (Wildman–Crippen LogP) is 6.18. The Kier molecular flexibility index (Phi) is 4.66. The molecule has 23 heavy (non-hydrogen) atoms. The summed E-state index contributed by atoms with van der Waals surface area (Å²) in [5.74, 6) is 0. The molecule has 0 saturated carbocycles. The molecular weight excluding hydrogens is 322 g/mol. The van der Waals surface area contributed by atoms with E-state index >= 15 is 0 Å². The number of benzene rings is 2. The van der Waals surface area contributed by atoms with Crippen LogP contribution in [0.5, 0.6) is 0 Å². The largest absolute Gasteiger partial charge is 0.293 e. The molecule has 0 unspecified atom stereocenters. The maximum absolute atomic E-state index is 5.95. The quantitative estimate of drug-likeness (QED) is 0.654. The number of halogens is 1. The van der Waals surface area contributed by atoms with E-state index in [4.69, 9.17) is 11.6 Å². The van der Waals surface area contributed by atoms with E-state index in [1.807, 2.05) is 12.1 Å². The molecule has 2 aromatic carbocycles. The van der Waals surface area contributed by atoms with Crippen LogP contribution in [0.3, 0.4) is 0 Å². The molecule has 0 bridgehead atoms. The smallest absolute Gasteiger partial charge is 0.0406 e. The highest BCUT2D eigenvalue weighted by Crippen LogP contribution is 2.40. The van der Waals surface area contributed by atoms with E-state index in [1.54, 1.807) is 11.8 Å². The third-order valence-electron chi connectivity index (χ3n) is 5.16. The first-order chi connectivity index (χ1) is 11.3. The van der Waals surface area contributed by atoms with E-state index in [0.29, 0.717) is 6.04 Å². The van der Waals surface area contributed by atoms with Gasteiger partial charge in [0.2, 0.25) is 0 Å². The zero-order chi connectivity index (χ0) is 15.6. The molecule has 2 aliphatic heterocycles. The molecule has 0 amide bonds. The highest BCUT2D eigenvalue weighted by atomic mass is 35.5. The Bertz CT molecular complexity index is 652. The number of rotatable bonds is 3. The van der Waals surface area contributed by atoms with Crippen molar-refractivity contribution in [2.45, 2.75) is 54.0 Å². The Morgan fingerprint density at radius 1 is 0.826 bits per heavy atom. The van der Waals surface area contributed by atoms with Gasteiger partial charge in [0.15, 0.2) is 0 Å². The first kappa shape index (κ1) is 15.6. The van der Waals surface area contributed by atoms with Gasteiger partial charge in [-0.2, -0.15) is 0 Å². The lowest BCUT2D eigenvalue weighted by Crippen LogP contribution is -2.35. The Balaban J connectivity index is 1.46. The molecule has 2 heterocycles. The van der Waals surface area contributed by atoms with Crippen LogP contribution in [0.25, 0.3) is 0 Å². The molecule has 2 atom stereocenters. The van der Waals surface area contributed by atoms with Crippen LogP contribution in [0.2, 0.25) is 5.02 Å². The molecule has 1 nitrogen and oxygen atoms in total. The third kappa shape index (κ3) is 3.45. The zero-order valence-corrected chi connectivity index (χ0v) is 14.8. The van der Waals surface area contributed by atoms with Gasteiger partial charge < -0.3 is 0 Å². The molecule has 2 saturated heterocycles. The number of piperidine rings is 1. The van der Waals surface area contributed by atoms with E-state index in [2.05, 4.69) is 41.3 Å². The molecule has 2 fully saturated rings. The number of hydrogen-bond acceptors (Lipinski definition) is 2. The molecule has 2 aromatic rings. The second-order valence-corrected chi connectivity index (χ2v) is 8.19. The lowest BCUT2D eigenvalue weighted by Gasteiger charge is -2.34. The first-order valence-corrected chi connectivity index (χ1v) is 9.78. The fraction of sp³-hybridized carbons (Fsp3) is 0.400. The van der Waals surface area contributed by atoms with Gasteiger partial charge in [-0.25, -0.2) is 0 Å². The van der Waals surface area contributed by atoms with E-state index in [1.165, 1.54) is 54.0 Å². The van der Waals surface area contributed by atoms with E-state index in [-0.39, 0.29) is 0 Å². The summed E-state index contributed by atoms with van der Waals surface area (Å²) in [6.07, 6.45) is 6.91. The Morgan fingerprint density at radius 3 is 2.26 bits per heavy atom. The Labute approximate surface area is 148 Å². The molecule has 0 N–H and O–H groups in total. The lowest BCUT2D eigenvalue weighted by atomic mass is 10.0. The van der Waals surface area contributed by atoms with Crippen molar-refractivity contribution in [1.82, 2.24) is 4.90 Å². The highest BCUT2D eigenvalue weighted by Gasteiger charge is 2.35. The van der Waals surface area contributed by atoms with Crippen molar-refractivity contribution < 1.29 is 0 Å². The van der Waals surface area contributed by atoms with Crippen molar-refractivity contribution in [2.75, 3.05) is 6.54 Å². The minimum atomic E-state index is 0.648. The van der Waals surface area contributed by atoms with E-state index in [9.17, 15) is 0 Å². The fourth-order valence-electron chi connectivity index (χ4n) is 4.01. The SMILES string of the molecule is Clc1ccc(Sc2ccc([C@@H]3CC[C@H]4CCCCN43)cc2)cc1. The topological polar surface area (TPSA) is 3.24 Å². The van der Waals surface area contributed by atoms with Gasteiger partial charge in [0.1, 0.15) is 0 Å². The highest BCUT2D eigenvalue weighted by molar-refractivity contribution is 7.99. The third-order valence-corrected chi connectivity index (χ3v) is 6.43. The van der Waals surface area contributed by atoms with Crippen LogP contribution in [-0.4, -0.2) is 17.5 Å². The molecule has 0 radical (unpaired) electrons. The summed E-state index contributed by atoms with van der Waals surface area (Å²) in [6.45, 7) is 1.29. The summed E-state index contributed by atoms with van der Waals surface area (Å²) in [6, 6.07) is 18.8. The van der Waals surface area contributed by atoms with Gasteiger partial charge in [-0.15, -0.1) is 0 Å². The molecule has 2 aliphatic rings. The number of hydrogen-bond donors (Lipinski definition) is 0. The van der Waals surface area contributed by atoms with E-state index in [0.717, 1.165) is 11.1 Å². The van der Waals surface area contributed by atoms with Crippen molar-refractivity contribution >= 4 is 23.4 Å². The lowest BCUT2D eigenvalue weighted by molar-refractivity contribution is 0.150. The van der Waals surface area contributed by atoms with E-state index < -0.39 is 0 Å². The molecule has 0 aliphatic carbocycles. The molecular formula is C20H22ClNS. The van der Waals surface area contributed by atoms with Gasteiger partial charge in [-0.1, -0.05) is 41.9 Å². The average molecular weight is 344 g/mol. The number of nitrogens with zero attached hydrogens (tertiary/aromatic N) is 1. The van der Waals surface area contributed by atoms with Crippen LogP contribution >= 0.6 is 23.4 Å². The second kappa shape index (κ2) is 6.88. The van der Waals surface area contributed by atoms with Crippen molar-refractivity contribution in [3.63, 3.8) is 0 Å². The fourth-order valence-corrected chi connectivity index (χ4v) is 4.96. The van der Waals surface area contributed by atoms with Crippen LogP contribution in [0.1, 0.15) is 43.7 Å². The summed E-state index contributed by atoms with van der Waals surface area (Å²) in [7, 11) is 0. The maximum Gasteiger partial charge on any atom is 0.0406 e. The molecule has 120 valence electrons. The van der Waals surface area contributed by atoms with Gasteiger partial charge in [0.05, 0.1) is 0 Å². The standard InChI is InChI=1S/C20H22ClNS/c21-16-6-11-19(12-7-16)23-18-9-4-15(5-10-18)20-13-8-17-3-1-2-14-22(17)20/h4-7,9-12,17,20H,1-3,8,13-14H2/t17-,20+/m1/s1. The van der Waals surface area contributed by atoms with Gasteiger partial charge >= 0.3 is 0 Å². The maximum atomic E-state index is 5.95. The minimum Gasteiger partial charge on any atom is -0.293 e. The molecule has 3 heteroatoms. The summed E-state index contributed by atoms with van der Waals surface area (Å²) < 4.78 is 0. The summed E-state index contributed by atoms with van der Waals surface area (Å²) in [5.41, 5.74) is 1.50. The predicted molar refractivity (Wildman–Crippen MR) is 98.3 cm³/mol. The van der Waals surface area contributed by atoms with Gasteiger partial charge in [-0.05, 0) is 74.2 Å². The molecule has 0 aromatic heterocycles. The molecule has 0 spiro atoms. The van der Waals surface area contributed by atoms with Crippen LogP contribution in [0.15, 0.2) is 58.3 Å². The van der Waals surface area contributed by atoms with Crippen LogP contribution in [-0.2, 0) is 0 Å². The minimum absolute atomic E-state index is 0.648. The summed E-state index contributed by atoms with van der Waals surface area (Å²) >= 11 is 7.75. The van der Waals surface area contributed by atoms with Crippen molar-refractivity contribution in [2.24, 2.45) is 0 Å². The van der Waals surface area contributed by atoms with Gasteiger partial charge in [0, 0.05) is 26.9 Å².